The van der Waals surface area contributed by atoms with Gasteiger partial charge >= 0.3 is 35.7 Å². The van der Waals surface area contributed by atoms with Crippen LogP contribution in [0.5, 0.6) is 0 Å². The number of nitrogens with zero attached hydrogens (tertiary/aromatic N) is 1. The van der Waals surface area contributed by atoms with Crippen LogP contribution in [0.2, 0.25) is 0 Å². The molecule has 0 unspecified atom stereocenters. The van der Waals surface area contributed by atoms with E-state index in [9.17, 15) is 0 Å². The molecule has 1 nitrogen and oxygen atoms in total. The van der Waals surface area contributed by atoms with Gasteiger partial charge in [0.1, 0.15) is 0 Å². The first-order valence-electron chi connectivity index (χ1n) is 0. The van der Waals surface area contributed by atoms with Crippen molar-refractivity contribution in [2.75, 3.05) is 0 Å². The molecule has 0 saturated heterocycles. The minimum Gasteiger partial charge on any atom is -1.00 e. The van der Waals surface area contributed by atoms with Crippen molar-refractivity contribution < 1.29 is 48.4 Å². The van der Waals surface area contributed by atoms with Crippen LogP contribution in [0.4, 0.5) is 0 Å². The summed E-state index contributed by atoms with van der Waals surface area (Å²) in [5, 5.41) is 0. The summed E-state index contributed by atoms with van der Waals surface area (Å²) in [6.07, 6.45) is 0. The molecule has 0 N–H and O–H groups in total. The third-order valence-corrected chi connectivity index (χ3v) is 0. The van der Waals surface area contributed by atoms with Crippen LogP contribution < -0.4 is 54.5 Å². The van der Waals surface area contributed by atoms with Gasteiger partial charge in [0, 0.05) is 0 Å². The summed E-state index contributed by atoms with van der Waals surface area (Å²) in [7, 11) is 0. The van der Waals surface area contributed by atoms with Crippen molar-refractivity contribution in [3.8, 4) is 0 Å². The summed E-state index contributed by atoms with van der Waals surface area (Å²) in [4.78, 5) is 0. The van der Waals surface area contributed by atoms with Crippen molar-refractivity contribution in [1.82, 2.24) is 6.15 Å². The van der Waals surface area contributed by atoms with Crippen LogP contribution in [0.15, 0.2) is 0 Å². The zero-order valence-electron chi connectivity index (χ0n) is 2.96. The maximum Gasteiger partial charge on any atom is 3.00 e. The Kier molecular flexibility index (Phi) is 98500. The van der Waals surface area contributed by atoms with Crippen molar-refractivity contribution >= 4 is 0 Å². The van der Waals surface area contributed by atoms with E-state index in [0.717, 1.165) is 0 Å². The topological polar surface area (TPSA) is 30.5 Å². The smallest absolute Gasteiger partial charge is 1.00 e. The summed E-state index contributed by atoms with van der Waals surface area (Å²) in [6, 6.07) is 0. The Hall–Kier alpha value is 0.430. The third-order valence-electron chi connectivity index (χ3n) is 0. The Morgan fingerprint density at radius 1 is 0.500 bits per heavy atom. The van der Waals surface area contributed by atoms with Gasteiger partial charge in [0.2, 0.25) is 0 Å². The zero-order chi connectivity index (χ0) is 0. The van der Waals surface area contributed by atoms with E-state index in [4.69, 9.17) is 0 Å². The normalized spacial score (nSPS) is 0. The van der Waals surface area contributed by atoms with Crippen molar-refractivity contribution in [3.05, 3.63) is 0 Å². The molecule has 0 aromatic heterocycles. The van der Waals surface area contributed by atoms with E-state index >= 15 is 0 Å². The second-order valence-electron chi connectivity index (χ2n) is 0. The van der Waals surface area contributed by atoms with E-state index in [1.165, 1.54) is 0 Å². The quantitative estimate of drug-likeness (QED) is 0.220. The number of hydrogen-bond donors (Lipinski definition) is 0. The van der Waals surface area contributed by atoms with Crippen molar-refractivity contribution in [1.29, 1.82) is 0 Å². The molecule has 0 aromatic carbocycles. The van der Waals surface area contributed by atoms with Crippen LogP contribution in [0.3, 0.4) is 0 Å². The summed E-state index contributed by atoms with van der Waals surface area (Å²) in [5.74, 6) is 0. The van der Waals surface area contributed by atoms with E-state index < -0.39 is 0 Å². The first-order valence-corrected chi connectivity index (χ1v) is 0. The molecular weight excluding hydrogens is 113 g/mol. The minimum atomic E-state index is 0. The first kappa shape index (κ1) is 1030. The second kappa shape index (κ2) is 576. The molecule has 0 saturated carbocycles. The van der Waals surface area contributed by atoms with Crippen molar-refractivity contribution in [2.24, 2.45) is 0 Å². The molecule has 2 radical (unpaired) electrons. The average molecular weight is 113 g/mol. The Morgan fingerprint density at radius 3 is 0.500 bits per heavy atom. The predicted octanol–water partition coefficient (Wildman–Crippen LogP) is -15.5. The summed E-state index contributed by atoms with van der Waals surface area (Å²) in [6.45, 7) is 0. The van der Waals surface area contributed by atoms with Crippen molar-refractivity contribution in [3.63, 3.8) is 0 Å². The molecule has 0 amide bonds. The molecule has 0 aromatic rings. The minimum absolute atomic E-state index is 0. The predicted molar refractivity (Wildman–Crippen MR) is 2.13 cm³/mol. The van der Waals surface area contributed by atoms with Gasteiger partial charge in [0.25, 0.3) is 0 Å². The largest absolute Gasteiger partial charge is 3.00 e. The van der Waals surface area contributed by atoms with Gasteiger partial charge in [0.05, 0.1) is 0 Å². The fraction of sp³-hybridized carbons (Fsp3) is 0. The van der Waals surface area contributed by atoms with Gasteiger partial charge in [-0.1, -0.05) is 0 Å². The molecule has 6 heavy (non-hydrogen) atoms. The van der Waals surface area contributed by atoms with E-state index in [1.54, 1.807) is 0 Å². The van der Waals surface area contributed by atoms with Gasteiger partial charge in [-0.15, -0.1) is 0 Å². The molecule has 0 aliphatic rings. The summed E-state index contributed by atoms with van der Waals surface area (Å²) < 4.78 is 0. The van der Waals surface area contributed by atoms with Gasteiger partial charge in [-0.25, -0.2) is 0 Å². The van der Waals surface area contributed by atoms with Gasteiger partial charge < -0.3 is 18.8 Å². The fourth-order valence-corrected chi connectivity index (χ4v) is 0. The Labute approximate surface area is 54.8 Å². The monoisotopic (exact) mass is 113 g/mol. The molecule has 0 aliphatic carbocycles. The standard InChI is InChI=1S/4FH.N.Na/h4*1H;;/q;;;;+3;+1/p-4. The van der Waals surface area contributed by atoms with Crippen LogP contribution in [0.25, 0.3) is 0 Å². The molecule has 0 fully saturated rings. The first-order chi connectivity index (χ1) is 0. The molecule has 0 rings (SSSR count). The molecule has 6 heteroatoms. The maximum atomic E-state index is 0. The zero-order valence-corrected chi connectivity index (χ0v) is 4.96. The molecule has 0 bridgehead atoms. The number of hydrogen-bond acceptors (Lipinski definition) is 0. The average Bonchev–Trinajstić information content (AvgIpc) is 0. The van der Waals surface area contributed by atoms with E-state index in [0.29, 0.717) is 0 Å². The van der Waals surface area contributed by atoms with E-state index in [2.05, 4.69) is 0 Å². The molecule has 0 spiro atoms. The molecular formula is F4NNa. The molecule has 34 valence electrons. The van der Waals surface area contributed by atoms with Gasteiger partial charge in [-0.3, -0.25) is 0 Å². The van der Waals surface area contributed by atoms with Gasteiger partial charge in [-0.05, 0) is 0 Å². The SMILES string of the molecule is [F-].[F-].[F-].[F-].[N+3].[Na+]. The molecule has 0 atom stereocenters. The van der Waals surface area contributed by atoms with Gasteiger partial charge in [-0.2, -0.15) is 0 Å². The van der Waals surface area contributed by atoms with Crippen molar-refractivity contribution in [2.45, 2.75) is 0 Å². The third kappa shape index (κ3) is 282. The number of halogens is 4. The van der Waals surface area contributed by atoms with Crippen LogP contribution in [-0.4, -0.2) is 0 Å². The Bertz CT molecular complexity index is 7.51. The van der Waals surface area contributed by atoms with Crippen LogP contribution in [0.1, 0.15) is 0 Å². The fourth-order valence-electron chi connectivity index (χ4n) is 0. The second-order valence-corrected chi connectivity index (χ2v) is 0. The van der Waals surface area contributed by atoms with Crippen LogP contribution in [0, 0.1) is 0 Å². The molecule has 0 heterocycles. The van der Waals surface area contributed by atoms with Gasteiger partial charge in [0.15, 0.2) is 0 Å². The van der Waals surface area contributed by atoms with Crippen LogP contribution >= 0.6 is 0 Å². The summed E-state index contributed by atoms with van der Waals surface area (Å²) >= 11 is 0. The Morgan fingerprint density at radius 2 is 0.500 bits per heavy atom. The van der Waals surface area contributed by atoms with E-state index in [-0.39, 0.29) is 54.5 Å². The van der Waals surface area contributed by atoms with E-state index in [1.807, 2.05) is 0 Å². The number of rotatable bonds is 0. The summed E-state index contributed by atoms with van der Waals surface area (Å²) in [5.41, 5.74) is 0. The van der Waals surface area contributed by atoms with Crippen LogP contribution in [-0.2, 0) is 0 Å². The molecule has 0 aliphatic heterocycles. The maximum absolute atomic E-state index is 0. The Balaban J connectivity index is 0.